The lowest BCUT2D eigenvalue weighted by molar-refractivity contribution is -0.386. The summed E-state index contributed by atoms with van der Waals surface area (Å²) in [6.07, 6.45) is 1.31. The Bertz CT molecular complexity index is 657. The number of nitro groups is 1. The summed E-state index contributed by atoms with van der Waals surface area (Å²) in [5.74, 6) is -0.979. The van der Waals surface area contributed by atoms with Crippen molar-refractivity contribution in [3.63, 3.8) is 0 Å². The number of benzene rings is 1. The van der Waals surface area contributed by atoms with Gasteiger partial charge in [-0.1, -0.05) is 11.6 Å². The standard InChI is InChI=1S/C11H13ClN2O6S/c12-8-3-4-9(14(16)17)10(15)11(8)21(18,19)13-6-7-2-1-5-20-7/h3-4,7,13,15H,1-2,5-6H2/t7-/m0/s1. The van der Waals surface area contributed by atoms with Gasteiger partial charge in [-0.25, -0.2) is 13.1 Å². The van der Waals surface area contributed by atoms with Crippen LogP contribution in [0.4, 0.5) is 5.69 Å². The molecule has 1 aromatic rings. The van der Waals surface area contributed by atoms with E-state index < -0.39 is 31.3 Å². The summed E-state index contributed by atoms with van der Waals surface area (Å²) >= 11 is 5.75. The molecule has 0 spiro atoms. The van der Waals surface area contributed by atoms with Crippen LogP contribution in [0.5, 0.6) is 5.75 Å². The van der Waals surface area contributed by atoms with Crippen molar-refractivity contribution in [1.29, 1.82) is 0 Å². The zero-order chi connectivity index (χ0) is 15.6. The van der Waals surface area contributed by atoms with Crippen molar-refractivity contribution in [3.8, 4) is 5.75 Å². The number of phenols is 1. The van der Waals surface area contributed by atoms with Gasteiger partial charge in [0, 0.05) is 19.2 Å². The molecular weight excluding hydrogens is 324 g/mol. The highest BCUT2D eigenvalue weighted by molar-refractivity contribution is 7.89. The maximum atomic E-state index is 12.2. The van der Waals surface area contributed by atoms with E-state index in [4.69, 9.17) is 16.3 Å². The molecule has 1 aliphatic heterocycles. The Morgan fingerprint density at radius 3 is 2.81 bits per heavy atom. The Morgan fingerprint density at radius 2 is 2.24 bits per heavy atom. The van der Waals surface area contributed by atoms with Crippen LogP contribution < -0.4 is 4.72 Å². The summed E-state index contributed by atoms with van der Waals surface area (Å²) in [4.78, 5) is 9.16. The molecular formula is C11H13ClN2O6S. The molecule has 0 amide bonds. The second kappa shape index (κ2) is 6.14. The van der Waals surface area contributed by atoms with Crippen LogP contribution >= 0.6 is 11.6 Å². The van der Waals surface area contributed by atoms with E-state index in [1.807, 2.05) is 0 Å². The summed E-state index contributed by atoms with van der Waals surface area (Å²) in [5.41, 5.74) is -0.725. The van der Waals surface area contributed by atoms with Crippen LogP contribution in [0.15, 0.2) is 17.0 Å². The molecule has 1 aromatic carbocycles. The molecule has 0 saturated carbocycles. The van der Waals surface area contributed by atoms with E-state index in [0.29, 0.717) is 6.61 Å². The average molecular weight is 337 g/mol. The van der Waals surface area contributed by atoms with E-state index in [-0.39, 0.29) is 17.7 Å². The summed E-state index contributed by atoms with van der Waals surface area (Å²) in [6.45, 7) is 0.579. The van der Waals surface area contributed by atoms with Crippen LogP contribution in [0, 0.1) is 10.1 Å². The minimum absolute atomic E-state index is 0.0147. The number of ether oxygens (including phenoxy) is 1. The molecule has 1 saturated heterocycles. The lowest BCUT2D eigenvalue weighted by Gasteiger charge is -2.13. The van der Waals surface area contributed by atoms with Crippen molar-refractivity contribution in [2.24, 2.45) is 0 Å². The van der Waals surface area contributed by atoms with Gasteiger partial charge in [-0.05, 0) is 18.9 Å². The predicted molar refractivity (Wildman–Crippen MR) is 73.9 cm³/mol. The number of halogens is 1. The zero-order valence-electron chi connectivity index (χ0n) is 10.8. The quantitative estimate of drug-likeness (QED) is 0.620. The molecule has 8 nitrogen and oxygen atoms in total. The average Bonchev–Trinajstić information content (AvgIpc) is 2.89. The fraction of sp³-hybridized carbons (Fsp3) is 0.455. The van der Waals surface area contributed by atoms with Gasteiger partial charge in [-0.15, -0.1) is 0 Å². The van der Waals surface area contributed by atoms with Gasteiger partial charge in [0.25, 0.3) is 0 Å². The van der Waals surface area contributed by atoms with E-state index in [0.717, 1.165) is 25.0 Å². The Hall–Kier alpha value is -1.42. The second-order valence-corrected chi connectivity index (χ2v) is 6.60. The molecule has 1 atom stereocenters. The Kier molecular flexibility index (Phi) is 4.67. The second-order valence-electron chi connectivity index (χ2n) is 4.49. The lowest BCUT2D eigenvalue weighted by Crippen LogP contribution is -2.32. The maximum absolute atomic E-state index is 12.2. The van der Waals surface area contributed by atoms with Crippen molar-refractivity contribution in [3.05, 3.63) is 27.3 Å². The van der Waals surface area contributed by atoms with Gasteiger partial charge in [-0.2, -0.15) is 0 Å². The first-order chi connectivity index (χ1) is 9.83. The number of hydrogen-bond donors (Lipinski definition) is 2. The molecule has 2 rings (SSSR count). The number of phenolic OH excluding ortho intramolecular Hbond substituents is 1. The molecule has 116 valence electrons. The molecule has 2 N–H and O–H groups in total. The third kappa shape index (κ3) is 3.43. The molecule has 0 bridgehead atoms. The highest BCUT2D eigenvalue weighted by Gasteiger charge is 2.30. The first kappa shape index (κ1) is 16.0. The summed E-state index contributed by atoms with van der Waals surface area (Å²) < 4.78 is 31.9. The Morgan fingerprint density at radius 1 is 1.52 bits per heavy atom. The van der Waals surface area contributed by atoms with Crippen LogP contribution in [0.25, 0.3) is 0 Å². The van der Waals surface area contributed by atoms with Gasteiger partial charge in [-0.3, -0.25) is 10.1 Å². The summed E-state index contributed by atoms with van der Waals surface area (Å²) in [5, 5.41) is 20.2. The van der Waals surface area contributed by atoms with E-state index in [1.165, 1.54) is 0 Å². The number of aromatic hydroxyl groups is 1. The SMILES string of the molecule is O=[N+]([O-])c1ccc(Cl)c(S(=O)(=O)NC[C@@H]2CCCO2)c1O. The topological polar surface area (TPSA) is 119 Å². The van der Waals surface area contributed by atoms with Crippen molar-refractivity contribution < 1.29 is 23.2 Å². The predicted octanol–water partition coefficient (Wildman–Crippen LogP) is 1.41. The molecule has 1 heterocycles. The van der Waals surface area contributed by atoms with E-state index in [9.17, 15) is 23.6 Å². The molecule has 1 fully saturated rings. The highest BCUT2D eigenvalue weighted by Crippen LogP contribution is 2.37. The fourth-order valence-electron chi connectivity index (χ4n) is 2.02. The van der Waals surface area contributed by atoms with Crippen LogP contribution in [0.2, 0.25) is 5.02 Å². The maximum Gasteiger partial charge on any atom is 0.312 e. The third-order valence-corrected chi connectivity index (χ3v) is 4.98. The van der Waals surface area contributed by atoms with Crippen LogP contribution in [-0.4, -0.2) is 37.7 Å². The Balaban J connectivity index is 2.30. The van der Waals surface area contributed by atoms with Gasteiger partial charge in [0.1, 0.15) is 4.90 Å². The van der Waals surface area contributed by atoms with Crippen LogP contribution in [0.1, 0.15) is 12.8 Å². The number of rotatable bonds is 5. The van der Waals surface area contributed by atoms with E-state index in [1.54, 1.807) is 0 Å². The summed E-state index contributed by atoms with van der Waals surface area (Å²) in [7, 11) is -4.18. The zero-order valence-corrected chi connectivity index (χ0v) is 12.4. The Labute approximate surface area is 125 Å². The van der Waals surface area contributed by atoms with E-state index in [2.05, 4.69) is 4.72 Å². The number of sulfonamides is 1. The molecule has 10 heteroatoms. The van der Waals surface area contributed by atoms with Gasteiger partial charge >= 0.3 is 5.69 Å². The van der Waals surface area contributed by atoms with Crippen molar-refractivity contribution >= 4 is 27.3 Å². The first-order valence-electron chi connectivity index (χ1n) is 6.10. The fourth-order valence-corrected chi connectivity index (χ4v) is 3.71. The van der Waals surface area contributed by atoms with Gasteiger partial charge in [0.2, 0.25) is 15.8 Å². The number of nitro benzene ring substituents is 1. The van der Waals surface area contributed by atoms with Crippen LogP contribution in [-0.2, 0) is 14.8 Å². The van der Waals surface area contributed by atoms with Crippen molar-refractivity contribution in [1.82, 2.24) is 4.72 Å². The lowest BCUT2D eigenvalue weighted by atomic mass is 10.2. The summed E-state index contributed by atoms with van der Waals surface area (Å²) in [6, 6.07) is 2.00. The largest absolute Gasteiger partial charge is 0.501 e. The monoisotopic (exact) mass is 336 g/mol. The minimum atomic E-state index is -4.18. The van der Waals surface area contributed by atoms with Crippen molar-refractivity contribution in [2.45, 2.75) is 23.8 Å². The number of nitrogens with zero attached hydrogens (tertiary/aromatic N) is 1. The molecule has 0 radical (unpaired) electrons. The molecule has 1 aliphatic rings. The smallest absolute Gasteiger partial charge is 0.312 e. The normalized spacial score (nSPS) is 18.8. The number of nitrogens with one attached hydrogen (secondary N) is 1. The molecule has 0 aliphatic carbocycles. The van der Waals surface area contributed by atoms with Crippen LogP contribution in [0.3, 0.4) is 0 Å². The van der Waals surface area contributed by atoms with Gasteiger partial charge in [0.15, 0.2) is 0 Å². The van der Waals surface area contributed by atoms with Gasteiger partial charge < -0.3 is 9.84 Å². The first-order valence-corrected chi connectivity index (χ1v) is 7.96. The molecule has 21 heavy (non-hydrogen) atoms. The highest BCUT2D eigenvalue weighted by atomic mass is 35.5. The molecule has 0 unspecified atom stereocenters. The molecule has 0 aromatic heterocycles. The third-order valence-electron chi connectivity index (χ3n) is 3.05. The van der Waals surface area contributed by atoms with E-state index >= 15 is 0 Å². The van der Waals surface area contributed by atoms with Crippen molar-refractivity contribution in [2.75, 3.05) is 13.2 Å². The number of hydrogen-bond acceptors (Lipinski definition) is 6. The minimum Gasteiger partial charge on any atom is -0.501 e. The van der Waals surface area contributed by atoms with Gasteiger partial charge in [0.05, 0.1) is 16.0 Å².